The summed E-state index contributed by atoms with van der Waals surface area (Å²) in [5.41, 5.74) is 0.447. The highest BCUT2D eigenvalue weighted by molar-refractivity contribution is 7.01. The fourth-order valence-corrected chi connectivity index (χ4v) is 8.68. The number of anilines is 1. The molecule has 4 unspecified atom stereocenters. The van der Waals surface area contributed by atoms with Crippen molar-refractivity contribution in [3.05, 3.63) is 73.1 Å². The largest absolute Gasteiger partial charge is 0.394 e. The number of aliphatic hydroxyl groups is 3. The number of halogens is 1. The predicted octanol–water partition coefficient (Wildman–Crippen LogP) is 1.27. The van der Waals surface area contributed by atoms with Crippen LogP contribution < -0.4 is 15.7 Å². The summed E-state index contributed by atoms with van der Waals surface area (Å²) >= 11 is 0. The number of hydrogen-bond donors (Lipinski definition) is 4. The maximum absolute atomic E-state index is 14.4. The van der Waals surface area contributed by atoms with Crippen LogP contribution in [0.3, 0.4) is 0 Å². The van der Waals surface area contributed by atoms with E-state index < -0.39 is 45.3 Å². The first-order valence-electron chi connectivity index (χ1n) is 12.3. The summed E-state index contributed by atoms with van der Waals surface area (Å²) in [6.45, 7) is 2.45. The van der Waals surface area contributed by atoms with Crippen LogP contribution in [0, 0.1) is 6.08 Å². The van der Waals surface area contributed by atoms with Crippen LogP contribution >= 0.6 is 0 Å². The molecule has 194 valence electrons. The van der Waals surface area contributed by atoms with Gasteiger partial charge in [0, 0.05) is 6.54 Å². The molecule has 1 fully saturated rings. The quantitative estimate of drug-likeness (QED) is 0.147. The first-order valence-corrected chi connectivity index (χ1v) is 15.0. The fraction of sp³-hybridized carbons (Fsp3) is 0.346. The van der Waals surface area contributed by atoms with Gasteiger partial charge in [-0.15, -0.1) is 0 Å². The lowest BCUT2D eigenvalue weighted by atomic mass is 10.1. The topological polar surface area (TPSA) is 126 Å². The van der Waals surface area contributed by atoms with Crippen molar-refractivity contribution in [1.29, 1.82) is 0 Å². The van der Waals surface area contributed by atoms with Crippen molar-refractivity contribution in [3.8, 4) is 0 Å². The second-order valence-electron chi connectivity index (χ2n) is 9.49. The normalized spacial score (nSPS) is 22.0. The highest BCUT2D eigenvalue weighted by Crippen LogP contribution is 2.32. The van der Waals surface area contributed by atoms with E-state index in [9.17, 15) is 19.7 Å². The van der Waals surface area contributed by atoms with Crippen LogP contribution in [0.4, 0.5) is 10.2 Å². The van der Waals surface area contributed by atoms with Crippen molar-refractivity contribution in [2.45, 2.75) is 43.6 Å². The summed E-state index contributed by atoms with van der Waals surface area (Å²) in [4.78, 5) is 12.1. The molecule has 0 spiro atoms. The monoisotopic (exact) mass is 523 g/mol. The lowest BCUT2D eigenvalue weighted by molar-refractivity contribution is -0.0511. The van der Waals surface area contributed by atoms with E-state index in [1.165, 1.54) is 21.3 Å². The van der Waals surface area contributed by atoms with Gasteiger partial charge in [0.15, 0.2) is 23.2 Å². The fourth-order valence-electron chi connectivity index (χ4n) is 5.03. The average molecular weight is 524 g/mol. The van der Waals surface area contributed by atoms with E-state index in [-0.39, 0.29) is 11.5 Å². The number of nitrogens with one attached hydrogen (secondary N) is 1. The smallest absolute Gasteiger partial charge is 0.312 e. The summed E-state index contributed by atoms with van der Waals surface area (Å²) in [6.07, 6.45) is -3.41. The first-order chi connectivity index (χ1) is 17.9. The zero-order valence-corrected chi connectivity index (χ0v) is 21.4. The van der Waals surface area contributed by atoms with E-state index >= 15 is 0 Å². The zero-order valence-electron chi connectivity index (χ0n) is 20.4. The van der Waals surface area contributed by atoms with E-state index in [4.69, 9.17) is 4.74 Å². The summed E-state index contributed by atoms with van der Waals surface area (Å²) in [5, 5.41) is 35.8. The molecule has 1 saturated heterocycles. The van der Waals surface area contributed by atoms with Gasteiger partial charge in [0.25, 0.3) is 0 Å². The zero-order chi connectivity index (χ0) is 26.0. The van der Waals surface area contributed by atoms with Gasteiger partial charge in [-0.3, -0.25) is 4.57 Å². The summed E-state index contributed by atoms with van der Waals surface area (Å²) in [7, 11) is -2.00. The molecule has 4 N–H and O–H groups in total. The second-order valence-corrected chi connectivity index (χ2v) is 13.8. The Balaban J connectivity index is 1.34. The van der Waals surface area contributed by atoms with Crippen LogP contribution in [0.5, 0.6) is 0 Å². The molecule has 11 heteroatoms. The van der Waals surface area contributed by atoms with Crippen molar-refractivity contribution in [1.82, 2.24) is 19.5 Å². The Hall–Kier alpha value is -3.22. The van der Waals surface area contributed by atoms with Gasteiger partial charge in [-0.1, -0.05) is 77.6 Å². The Morgan fingerprint density at radius 1 is 1.00 bits per heavy atom. The van der Waals surface area contributed by atoms with Gasteiger partial charge < -0.3 is 25.4 Å². The van der Waals surface area contributed by atoms with Gasteiger partial charge in [-0.2, -0.15) is 14.4 Å². The molecule has 2 aromatic heterocycles. The van der Waals surface area contributed by atoms with E-state index in [0.717, 1.165) is 12.5 Å². The number of hydrogen-bond acceptors (Lipinski definition) is 8. The molecule has 0 aliphatic carbocycles. The Kier molecular flexibility index (Phi) is 7.31. The van der Waals surface area contributed by atoms with Crippen molar-refractivity contribution >= 4 is 35.4 Å². The summed E-state index contributed by atoms with van der Waals surface area (Å²) < 4.78 is 21.3. The van der Waals surface area contributed by atoms with Crippen molar-refractivity contribution in [2.24, 2.45) is 0 Å². The van der Waals surface area contributed by atoms with Gasteiger partial charge in [-0.25, -0.2) is 4.98 Å². The third kappa shape index (κ3) is 4.88. The Bertz CT molecular complexity index is 1300. The average Bonchev–Trinajstić information content (AvgIpc) is 3.47. The lowest BCUT2D eigenvalue weighted by Crippen LogP contribution is -2.55. The molecule has 37 heavy (non-hydrogen) atoms. The number of nitrogens with zero attached hydrogens (tertiary/aromatic N) is 4. The predicted molar refractivity (Wildman–Crippen MR) is 140 cm³/mol. The van der Waals surface area contributed by atoms with Crippen molar-refractivity contribution in [3.63, 3.8) is 0 Å². The Labute approximate surface area is 214 Å². The first kappa shape index (κ1) is 25.4. The number of aromatic nitrogens is 4. The number of benzene rings is 2. The molecule has 9 nitrogen and oxygen atoms in total. The molecule has 1 aliphatic rings. The maximum Gasteiger partial charge on any atom is 0.312 e. The summed E-state index contributed by atoms with van der Waals surface area (Å²) in [6, 6.07) is 22.1. The van der Waals surface area contributed by atoms with Gasteiger partial charge >= 0.3 is 6.08 Å². The molecule has 0 amide bonds. The Morgan fingerprint density at radius 3 is 2.24 bits per heavy atom. The number of imidazole rings is 1. The molecule has 2 aromatic carbocycles. The van der Waals surface area contributed by atoms with Crippen LogP contribution in [-0.4, -0.2) is 74.4 Å². The number of fused-ring (bicyclic) bond motifs is 1. The molecular formula is C26H30FN5O4Si. The van der Waals surface area contributed by atoms with Crippen LogP contribution in [0.2, 0.25) is 12.6 Å². The van der Waals surface area contributed by atoms with E-state index in [1.807, 2.05) is 12.1 Å². The van der Waals surface area contributed by atoms with Crippen LogP contribution in [0.1, 0.15) is 12.6 Å². The van der Waals surface area contributed by atoms with Crippen LogP contribution in [0.15, 0.2) is 67.0 Å². The molecule has 0 saturated carbocycles. The standard InChI is InChI=1S/C26H30FN5O4Si/c1-37(17-9-4-2-5-10-17,18-11-6-3-7-12-18)14-8-13-28-23-20-24(31-26(27)30-23)32(16-29-20)25-22(35)21(34)19(15-33)36-25/h2-7,9-12,16,19,21-22,25,33-35H,8,13-15H2,1H3,(H,28,30,31). The van der Waals surface area contributed by atoms with Crippen LogP contribution in [-0.2, 0) is 4.74 Å². The minimum Gasteiger partial charge on any atom is -0.394 e. The van der Waals surface area contributed by atoms with Gasteiger partial charge in [0.05, 0.1) is 12.9 Å². The van der Waals surface area contributed by atoms with Gasteiger partial charge in [0.1, 0.15) is 26.4 Å². The van der Waals surface area contributed by atoms with Crippen LogP contribution in [0.25, 0.3) is 11.2 Å². The number of rotatable bonds is 9. The molecule has 4 atom stereocenters. The number of ether oxygens (including phenoxy) is 1. The SMILES string of the molecule is C[Si](CCCNc1nc(F)nc2c1ncn2C1OC(CO)C(O)C1O)(c1ccccc1)c1ccccc1. The molecule has 0 bridgehead atoms. The minimum atomic E-state index is -2.00. The van der Waals surface area contributed by atoms with Gasteiger partial charge in [0.2, 0.25) is 0 Å². The van der Waals surface area contributed by atoms with Crippen molar-refractivity contribution in [2.75, 3.05) is 18.5 Å². The maximum atomic E-state index is 14.4. The molecule has 1 aliphatic heterocycles. The molecule has 0 radical (unpaired) electrons. The van der Waals surface area contributed by atoms with E-state index in [0.29, 0.717) is 12.1 Å². The molecule has 5 rings (SSSR count). The second kappa shape index (κ2) is 10.6. The minimum absolute atomic E-state index is 0.123. The van der Waals surface area contributed by atoms with E-state index in [1.54, 1.807) is 0 Å². The highest BCUT2D eigenvalue weighted by Gasteiger charge is 2.44. The van der Waals surface area contributed by atoms with Crippen molar-refractivity contribution < 1.29 is 24.4 Å². The highest BCUT2D eigenvalue weighted by atomic mass is 28.3. The molecular weight excluding hydrogens is 493 g/mol. The van der Waals surface area contributed by atoms with Gasteiger partial charge in [-0.05, 0) is 12.5 Å². The summed E-state index contributed by atoms with van der Waals surface area (Å²) in [5.74, 6) is 0.246. The Morgan fingerprint density at radius 2 is 1.65 bits per heavy atom. The molecule has 4 aromatic rings. The van der Waals surface area contributed by atoms with E-state index in [2.05, 4.69) is 75.3 Å². The third-order valence-electron chi connectivity index (χ3n) is 7.15. The number of aliphatic hydroxyl groups excluding tert-OH is 3. The molecule has 3 heterocycles. The lowest BCUT2D eigenvalue weighted by Gasteiger charge is -2.29. The third-order valence-corrected chi connectivity index (χ3v) is 11.7.